The van der Waals surface area contributed by atoms with Crippen LogP contribution in [0.5, 0.6) is 0 Å². The van der Waals surface area contributed by atoms with Gasteiger partial charge >= 0.3 is 10.4 Å². The minimum absolute atomic E-state index is 0.303. The molecular weight excluding hydrogens is 232 g/mol. The quantitative estimate of drug-likeness (QED) is 0.394. The van der Waals surface area contributed by atoms with Crippen LogP contribution in [0.2, 0.25) is 0 Å². The maximum Gasteiger partial charge on any atom is 0.397 e. The number of ether oxygens (including phenoxy) is 1. The van der Waals surface area contributed by atoms with E-state index in [0.717, 1.165) is 0 Å². The van der Waals surface area contributed by atoms with Gasteiger partial charge in [-0.15, -0.1) is 0 Å². The van der Waals surface area contributed by atoms with Crippen LogP contribution in [0, 0.1) is 0 Å². The van der Waals surface area contributed by atoms with E-state index in [-0.39, 0.29) is 6.61 Å². The van der Waals surface area contributed by atoms with Gasteiger partial charge in [-0.2, -0.15) is 8.42 Å². The van der Waals surface area contributed by atoms with Gasteiger partial charge in [-0.3, -0.25) is 4.55 Å². The third kappa shape index (κ3) is 3.34. The molecule has 1 aliphatic heterocycles. The second kappa shape index (κ2) is 4.70. The largest absolute Gasteiger partial charge is 0.397 e. The van der Waals surface area contributed by atoms with E-state index < -0.39 is 41.4 Å². The van der Waals surface area contributed by atoms with E-state index in [2.05, 4.69) is 4.18 Å². The average molecular weight is 244 g/mol. The molecule has 9 heteroatoms. The van der Waals surface area contributed by atoms with E-state index in [1.165, 1.54) is 0 Å². The topological polar surface area (TPSA) is 134 Å². The van der Waals surface area contributed by atoms with Crippen molar-refractivity contribution in [1.82, 2.24) is 0 Å². The minimum atomic E-state index is -4.78. The van der Waals surface area contributed by atoms with Crippen molar-refractivity contribution in [2.75, 3.05) is 13.2 Å². The minimum Gasteiger partial charge on any atom is -0.394 e. The Labute approximate surface area is 86.0 Å². The second-order valence-corrected chi connectivity index (χ2v) is 4.15. The molecule has 1 rings (SSSR count). The molecule has 0 saturated carbocycles. The van der Waals surface area contributed by atoms with Gasteiger partial charge in [-0.1, -0.05) is 0 Å². The lowest BCUT2D eigenvalue weighted by Gasteiger charge is -2.35. The second-order valence-electron chi connectivity index (χ2n) is 3.10. The molecular formula is C6H12O8S. The summed E-state index contributed by atoms with van der Waals surface area (Å²) in [6, 6.07) is 0. The van der Waals surface area contributed by atoms with E-state index in [1.807, 2.05) is 0 Å². The molecule has 1 heterocycles. The van der Waals surface area contributed by atoms with Crippen LogP contribution in [0.4, 0.5) is 0 Å². The van der Waals surface area contributed by atoms with Gasteiger partial charge in [0, 0.05) is 0 Å². The molecule has 4 N–H and O–H groups in total. The smallest absolute Gasteiger partial charge is 0.394 e. The molecule has 0 bridgehead atoms. The van der Waals surface area contributed by atoms with Crippen LogP contribution in [0.25, 0.3) is 0 Å². The Kier molecular flexibility index (Phi) is 4.00. The van der Waals surface area contributed by atoms with E-state index in [0.29, 0.717) is 0 Å². The highest BCUT2D eigenvalue weighted by atomic mass is 32.3. The van der Waals surface area contributed by atoms with E-state index in [4.69, 9.17) is 14.4 Å². The summed E-state index contributed by atoms with van der Waals surface area (Å²) < 4.78 is 38.0. The molecule has 0 amide bonds. The Morgan fingerprint density at radius 3 is 2.47 bits per heavy atom. The van der Waals surface area contributed by atoms with Crippen LogP contribution >= 0.6 is 0 Å². The van der Waals surface area contributed by atoms with E-state index >= 15 is 0 Å². The van der Waals surface area contributed by atoms with Crippen molar-refractivity contribution in [3.05, 3.63) is 0 Å². The summed E-state index contributed by atoms with van der Waals surface area (Å²) in [6.07, 6.45) is -5.54. The Morgan fingerprint density at radius 2 is 2.00 bits per heavy atom. The molecule has 0 aromatic rings. The summed E-state index contributed by atoms with van der Waals surface area (Å²) in [5.41, 5.74) is 0. The van der Waals surface area contributed by atoms with Gasteiger partial charge in [0.15, 0.2) is 0 Å². The third-order valence-electron chi connectivity index (χ3n) is 1.99. The van der Waals surface area contributed by atoms with Crippen molar-refractivity contribution < 1.29 is 37.2 Å². The van der Waals surface area contributed by atoms with Crippen molar-refractivity contribution in [2.45, 2.75) is 24.4 Å². The molecule has 0 spiro atoms. The van der Waals surface area contributed by atoms with Crippen LogP contribution in [0.3, 0.4) is 0 Å². The molecule has 0 radical (unpaired) electrons. The third-order valence-corrected chi connectivity index (χ3v) is 2.46. The SMILES string of the molecule is O=S(=O)(O)O[C@H]1[C@@H](O)[C@@H](CO)OC[C@@H]1O. The molecule has 4 atom stereocenters. The Bertz CT molecular complexity index is 300. The first-order chi connectivity index (χ1) is 6.85. The maximum atomic E-state index is 10.4. The fraction of sp³-hybridized carbons (Fsp3) is 1.00. The first kappa shape index (κ1) is 12.8. The zero-order chi connectivity index (χ0) is 11.6. The van der Waals surface area contributed by atoms with Crippen LogP contribution in [0.15, 0.2) is 0 Å². The lowest BCUT2D eigenvalue weighted by atomic mass is 10.0. The van der Waals surface area contributed by atoms with Gasteiger partial charge in [0.05, 0.1) is 13.2 Å². The number of hydrogen-bond donors (Lipinski definition) is 4. The van der Waals surface area contributed by atoms with E-state index in [9.17, 15) is 18.6 Å². The summed E-state index contributed by atoms with van der Waals surface area (Å²) in [6.45, 7) is -0.859. The van der Waals surface area contributed by atoms with Gasteiger partial charge < -0.3 is 20.1 Å². The van der Waals surface area contributed by atoms with Crippen molar-refractivity contribution in [2.24, 2.45) is 0 Å². The number of aliphatic hydroxyl groups excluding tert-OH is 3. The molecule has 1 saturated heterocycles. The van der Waals surface area contributed by atoms with Crippen molar-refractivity contribution >= 4 is 10.4 Å². The van der Waals surface area contributed by atoms with Crippen molar-refractivity contribution in [1.29, 1.82) is 0 Å². The lowest BCUT2D eigenvalue weighted by Crippen LogP contribution is -2.55. The lowest BCUT2D eigenvalue weighted by molar-refractivity contribution is -0.187. The van der Waals surface area contributed by atoms with Crippen LogP contribution in [-0.4, -0.2) is 65.9 Å². The molecule has 15 heavy (non-hydrogen) atoms. The molecule has 1 aliphatic rings. The molecule has 0 aromatic carbocycles. The van der Waals surface area contributed by atoms with Gasteiger partial charge in [0.1, 0.15) is 24.4 Å². The highest BCUT2D eigenvalue weighted by Crippen LogP contribution is 2.19. The molecule has 1 fully saturated rings. The molecule has 0 aliphatic carbocycles. The predicted molar refractivity (Wildman–Crippen MR) is 45.3 cm³/mol. The Balaban J connectivity index is 2.74. The number of rotatable bonds is 3. The Morgan fingerprint density at radius 1 is 1.40 bits per heavy atom. The Hall–Kier alpha value is -0.290. The predicted octanol–water partition coefficient (Wildman–Crippen LogP) is -2.71. The first-order valence-electron chi connectivity index (χ1n) is 4.09. The van der Waals surface area contributed by atoms with Gasteiger partial charge in [-0.25, -0.2) is 4.18 Å². The van der Waals surface area contributed by atoms with Gasteiger partial charge in [0.2, 0.25) is 0 Å². The zero-order valence-electron chi connectivity index (χ0n) is 7.55. The van der Waals surface area contributed by atoms with Crippen molar-refractivity contribution in [3.8, 4) is 0 Å². The van der Waals surface area contributed by atoms with Crippen LogP contribution in [0.1, 0.15) is 0 Å². The molecule has 0 unspecified atom stereocenters. The summed E-state index contributed by atoms with van der Waals surface area (Å²) in [5, 5.41) is 27.4. The fourth-order valence-corrected chi connectivity index (χ4v) is 1.80. The van der Waals surface area contributed by atoms with Crippen LogP contribution < -0.4 is 0 Å². The molecule has 90 valence electrons. The van der Waals surface area contributed by atoms with Gasteiger partial charge in [-0.05, 0) is 0 Å². The fourth-order valence-electron chi connectivity index (χ4n) is 1.28. The first-order valence-corrected chi connectivity index (χ1v) is 5.46. The number of hydrogen-bond acceptors (Lipinski definition) is 7. The van der Waals surface area contributed by atoms with Crippen molar-refractivity contribution in [3.63, 3.8) is 0 Å². The maximum absolute atomic E-state index is 10.4. The van der Waals surface area contributed by atoms with Gasteiger partial charge in [0.25, 0.3) is 0 Å². The summed E-state index contributed by atoms with van der Waals surface area (Å²) in [7, 11) is -4.78. The highest BCUT2D eigenvalue weighted by Gasteiger charge is 2.41. The highest BCUT2D eigenvalue weighted by molar-refractivity contribution is 7.80. The van der Waals surface area contributed by atoms with E-state index in [1.54, 1.807) is 0 Å². The average Bonchev–Trinajstić information content (AvgIpc) is 2.11. The molecule has 8 nitrogen and oxygen atoms in total. The molecule has 0 aromatic heterocycles. The summed E-state index contributed by atoms with van der Waals surface area (Å²) in [5.74, 6) is 0. The monoisotopic (exact) mass is 244 g/mol. The number of aliphatic hydroxyl groups is 3. The summed E-state index contributed by atoms with van der Waals surface area (Å²) in [4.78, 5) is 0. The van der Waals surface area contributed by atoms with Crippen LogP contribution in [-0.2, 0) is 19.3 Å². The summed E-state index contributed by atoms with van der Waals surface area (Å²) >= 11 is 0. The normalized spacial score (nSPS) is 37.9. The standard InChI is InChI=1S/C6H12O8S/c7-1-4-5(9)6(3(8)2-13-4)14-15(10,11)12/h3-9H,1-2H2,(H,10,11,12)/t3-,4+,5-,6+/m0/s1. The zero-order valence-corrected chi connectivity index (χ0v) is 8.37.